The van der Waals surface area contributed by atoms with Crippen LogP contribution in [0.3, 0.4) is 0 Å². The Hall–Kier alpha value is -0.910. The van der Waals surface area contributed by atoms with Crippen LogP contribution < -0.4 is 10.5 Å². The fourth-order valence-corrected chi connectivity index (χ4v) is 2.46. The number of hydrogen-bond donors (Lipinski definition) is 2. The predicted molar refractivity (Wildman–Crippen MR) is 59.9 cm³/mol. The smallest absolute Gasteiger partial charge is 0.240 e. The lowest BCUT2D eigenvalue weighted by Crippen LogP contribution is -2.23. The molecule has 0 spiro atoms. The molecule has 0 amide bonds. The summed E-state index contributed by atoms with van der Waals surface area (Å²) in [4.78, 5) is 0.291. The van der Waals surface area contributed by atoms with E-state index in [4.69, 9.17) is 5.73 Å². The molecule has 0 aliphatic rings. The summed E-state index contributed by atoms with van der Waals surface area (Å²) in [6.07, 6.45) is 0. The van der Waals surface area contributed by atoms with Gasteiger partial charge in [-0.15, -0.1) is 0 Å². The molecule has 0 radical (unpaired) electrons. The van der Waals surface area contributed by atoms with Gasteiger partial charge in [-0.25, -0.2) is 13.1 Å². The average molecular weight is 228 g/mol. The van der Waals surface area contributed by atoms with Gasteiger partial charge in [0.05, 0.1) is 4.90 Å². The highest BCUT2D eigenvalue weighted by Crippen LogP contribution is 2.14. The highest BCUT2D eigenvalue weighted by molar-refractivity contribution is 7.89. The van der Waals surface area contributed by atoms with Crippen molar-refractivity contribution < 1.29 is 8.42 Å². The van der Waals surface area contributed by atoms with E-state index in [2.05, 4.69) is 4.72 Å². The topological polar surface area (TPSA) is 72.2 Å². The molecule has 5 heteroatoms. The molecule has 0 bridgehead atoms. The van der Waals surface area contributed by atoms with Gasteiger partial charge in [-0.3, -0.25) is 0 Å². The van der Waals surface area contributed by atoms with E-state index in [0.717, 1.165) is 11.1 Å². The quantitative estimate of drug-likeness (QED) is 0.799. The number of benzene rings is 1. The van der Waals surface area contributed by atoms with Crippen LogP contribution in [0.5, 0.6) is 0 Å². The highest BCUT2D eigenvalue weighted by Gasteiger charge is 2.12. The molecule has 0 unspecified atom stereocenters. The van der Waals surface area contributed by atoms with E-state index in [1.54, 1.807) is 25.1 Å². The van der Waals surface area contributed by atoms with Crippen LogP contribution in [0.25, 0.3) is 0 Å². The second-order valence-corrected chi connectivity index (χ2v) is 5.06. The first-order chi connectivity index (χ1) is 7.01. The van der Waals surface area contributed by atoms with Gasteiger partial charge in [0.2, 0.25) is 10.0 Å². The first kappa shape index (κ1) is 12.2. The Labute approximate surface area is 90.5 Å². The van der Waals surface area contributed by atoms with E-state index in [1.807, 2.05) is 6.92 Å². The second-order valence-electron chi connectivity index (χ2n) is 3.29. The van der Waals surface area contributed by atoms with Crippen molar-refractivity contribution in [2.45, 2.75) is 25.3 Å². The largest absolute Gasteiger partial charge is 0.326 e. The van der Waals surface area contributed by atoms with Crippen LogP contribution in [0.4, 0.5) is 0 Å². The Bertz CT molecular complexity index is 441. The van der Waals surface area contributed by atoms with E-state index >= 15 is 0 Å². The molecular weight excluding hydrogens is 212 g/mol. The van der Waals surface area contributed by atoms with Crippen molar-refractivity contribution in [3.8, 4) is 0 Å². The monoisotopic (exact) mass is 228 g/mol. The summed E-state index contributed by atoms with van der Waals surface area (Å²) in [6.45, 7) is 4.42. The molecule has 1 aromatic rings. The summed E-state index contributed by atoms with van der Waals surface area (Å²) >= 11 is 0. The SMILES string of the molecule is CCNS(=O)(=O)c1ccc(CN)c(C)c1. The normalized spacial score (nSPS) is 11.7. The molecule has 0 heterocycles. The zero-order valence-corrected chi connectivity index (χ0v) is 9.76. The van der Waals surface area contributed by atoms with Crippen LogP contribution in [0.2, 0.25) is 0 Å². The first-order valence-electron chi connectivity index (χ1n) is 4.80. The molecule has 1 aromatic carbocycles. The van der Waals surface area contributed by atoms with Crippen molar-refractivity contribution >= 4 is 10.0 Å². The summed E-state index contributed by atoms with van der Waals surface area (Å²) in [6, 6.07) is 4.97. The van der Waals surface area contributed by atoms with E-state index < -0.39 is 10.0 Å². The van der Waals surface area contributed by atoms with E-state index in [1.165, 1.54) is 0 Å². The molecule has 4 nitrogen and oxygen atoms in total. The Morgan fingerprint density at radius 3 is 2.53 bits per heavy atom. The number of hydrogen-bond acceptors (Lipinski definition) is 3. The molecule has 84 valence electrons. The van der Waals surface area contributed by atoms with E-state index in [-0.39, 0.29) is 0 Å². The van der Waals surface area contributed by atoms with Crippen LogP contribution in [-0.4, -0.2) is 15.0 Å². The van der Waals surface area contributed by atoms with Gasteiger partial charge in [-0.2, -0.15) is 0 Å². The minimum Gasteiger partial charge on any atom is -0.326 e. The van der Waals surface area contributed by atoms with Gasteiger partial charge in [-0.1, -0.05) is 13.0 Å². The van der Waals surface area contributed by atoms with Crippen molar-refractivity contribution in [2.24, 2.45) is 5.73 Å². The van der Waals surface area contributed by atoms with Crippen molar-refractivity contribution in [1.82, 2.24) is 4.72 Å². The number of nitrogens with one attached hydrogen (secondary N) is 1. The van der Waals surface area contributed by atoms with Gasteiger partial charge < -0.3 is 5.73 Å². The highest BCUT2D eigenvalue weighted by atomic mass is 32.2. The first-order valence-corrected chi connectivity index (χ1v) is 6.29. The summed E-state index contributed by atoms with van der Waals surface area (Å²) < 4.78 is 25.7. The van der Waals surface area contributed by atoms with Crippen molar-refractivity contribution in [1.29, 1.82) is 0 Å². The summed E-state index contributed by atoms with van der Waals surface area (Å²) in [5.41, 5.74) is 7.37. The molecule has 0 saturated carbocycles. The van der Waals surface area contributed by atoms with E-state index in [0.29, 0.717) is 18.0 Å². The standard InChI is InChI=1S/C10H16N2O2S/c1-3-12-15(13,14)10-5-4-9(7-11)8(2)6-10/h4-6,12H,3,7,11H2,1-2H3. The Morgan fingerprint density at radius 2 is 2.07 bits per heavy atom. The average Bonchev–Trinajstić information content (AvgIpc) is 2.17. The van der Waals surface area contributed by atoms with Gasteiger partial charge in [0.1, 0.15) is 0 Å². The summed E-state index contributed by atoms with van der Waals surface area (Å²) in [7, 11) is -3.35. The maximum atomic E-state index is 11.6. The van der Waals surface area contributed by atoms with Crippen molar-refractivity contribution in [2.75, 3.05) is 6.54 Å². The summed E-state index contributed by atoms with van der Waals surface area (Å²) in [5.74, 6) is 0. The number of aryl methyl sites for hydroxylation is 1. The third-order valence-electron chi connectivity index (χ3n) is 2.18. The van der Waals surface area contributed by atoms with Crippen LogP contribution in [0.1, 0.15) is 18.1 Å². The zero-order chi connectivity index (χ0) is 11.5. The predicted octanol–water partition coefficient (Wildman–Crippen LogP) is 0.752. The Morgan fingerprint density at radius 1 is 1.40 bits per heavy atom. The zero-order valence-electron chi connectivity index (χ0n) is 8.95. The van der Waals surface area contributed by atoms with Gasteiger partial charge in [-0.05, 0) is 30.2 Å². The lowest BCUT2D eigenvalue weighted by molar-refractivity contribution is 0.584. The maximum Gasteiger partial charge on any atom is 0.240 e. The molecule has 0 aromatic heterocycles. The molecule has 0 aliphatic carbocycles. The lowest BCUT2D eigenvalue weighted by atomic mass is 10.1. The molecule has 1 rings (SSSR count). The van der Waals surface area contributed by atoms with Crippen LogP contribution >= 0.6 is 0 Å². The fourth-order valence-electron chi connectivity index (χ4n) is 1.34. The van der Waals surface area contributed by atoms with Crippen LogP contribution in [-0.2, 0) is 16.6 Å². The Kier molecular flexibility index (Phi) is 3.84. The summed E-state index contributed by atoms with van der Waals surface area (Å²) in [5, 5.41) is 0. The molecule has 0 aliphatic heterocycles. The number of nitrogens with two attached hydrogens (primary N) is 1. The molecule has 0 saturated heterocycles. The number of rotatable bonds is 4. The van der Waals surface area contributed by atoms with Crippen molar-refractivity contribution in [3.05, 3.63) is 29.3 Å². The second kappa shape index (κ2) is 4.74. The van der Waals surface area contributed by atoms with Crippen LogP contribution in [0, 0.1) is 6.92 Å². The maximum absolute atomic E-state index is 11.6. The van der Waals surface area contributed by atoms with Crippen molar-refractivity contribution in [3.63, 3.8) is 0 Å². The molecule has 3 N–H and O–H groups in total. The lowest BCUT2D eigenvalue weighted by Gasteiger charge is -2.07. The van der Waals surface area contributed by atoms with Gasteiger partial charge >= 0.3 is 0 Å². The number of sulfonamides is 1. The third kappa shape index (κ3) is 2.77. The Balaban J connectivity index is 3.13. The molecule has 15 heavy (non-hydrogen) atoms. The van der Waals surface area contributed by atoms with Gasteiger partial charge in [0.25, 0.3) is 0 Å². The van der Waals surface area contributed by atoms with Gasteiger partial charge in [0, 0.05) is 13.1 Å². The molecular formula is C10H16N2O2S. The van der Waals surface area contributed by atoms with Gasteiger partial charge in [0.15, 0.2) is 0 Å². The van der Waals surface area contributed by atoms with E-state index in [9.17, 15) is 8.42 Å². The molecule has 0 fully saturated rings. The third-order valence-corrected chi connectivity index (χ3v) is 3.72. The minimum atomic E-state index is -3.35. The minimum absolute atomic E-state index is 0.291. The molecule has 0 atom stereocenters. The van der Waals surface area contributed by atoms with Crippen LogP contribution in [0.15, 0.2) is 23.1 Å². The fraction of sp³-hybridized carbons (Fsp3) is 0.400.